The summed E-state index contributed by atoms with van der Waals surface area (Å²) in [7, 11) is 0. The molecule has 0 unspecified atom stereocenters. The van der Waals surface area contributed by atoms with Crippen LogP contribution in [-0.2, 0) is 0 Å². The van der Waals surface area contributed by atoms with E-state index in [1.54, 1.807) is 60.4 Å². The molecule has 4 rings (SSSR count). The van der Waals surface area contributed by atoms with Crippen LogP contribution in [0.15, 0.2) is 79.0 Å². The molecule has 37 heavy (non-hydrogen) atoms. The normalized spacial score (nSPS) is 14.1. The third kappa shape index (κ3) is 5.61. The van der Waals surface area contributed by atoms with Gasteiger partial charge in [0, 0.05) is 47.1 Å². The van der Waals surface area contributed by atoms with Gasteiger partial charge in [0.1, 0.15) is 5.82 Å². The standard InChI is InChI=1S/C30H30F3N3O/c1-19-7-4-5-10-27(19)36(30(32)33)21(3)22-13-15-35(16-14-22)29(37)24-11-12-26(20(2)17-24)28(34)23-8-6-9-25(31)18-23/h4-12,17-18,22,30,34H,3,13-16H2,1-2H3. The average Bonchev–Trinajstić information content (AvgIpc) is 2.89. The zero-order chi connectivity index (χ0) is 26.7. The minimum atomic E-state index is -2.71. The van der Waals surface area contributed by atoms with Crippen molar-refractivity contribution in [3.63, 3.8) is 0 Å². The van der Waals surface area contributed by atoms with E-state index in [1.807, 2.05) is 13.0 Å². The molecule has 4 nitrogen and oxygen atoms in total. The number of carbonyl (C=O) groups excluding carboxylic acids is 1. The number of nitrogens with one attached hydrogen (secondary N) is 1. The molecule has 0 spiro atoms. The highest BCUT2D eigenvalue weighted by atomic mass is 19.3. The Morgan fingerprint density at radius 3 is 2.30 bits per heavy atom. The Bertz CT molecular complexity index is 1330. The number of alkyl halides is 2. The molecule has 1 amide bonds. The summed E-state index contributed by atoms with van der Waals surface area (Å²) in [6, 6.07) is 18.0. The molecule has 1 heterocycles. The molecule has 0 aromatic heterocycles. The van der Waals surface area contributed by atoms with Crippen LogP contribution in [0.3, 0.4) is 0 Å². The van der Waals surface area contributed by atoms with Crippen LogP contribution in [0.5, 0.6) is 0 Å². The first-order chi connectivity index (χ1) is 17.7. The van der Waals surface area contributed by atoms with Crippen molar-refractivity contribution < 1.29 is 18.0 Å². The largest absolute Gasteiger partial charge is 0.339 e. The number of hydrogen-bond acceptors (Lipinski definition) is 3. The number of carbonyl (C=O) groups is 1. The van der Waals surface area contributed by atoms with Gasteiger partial charge in [-0.2, -0.15) is 8.78 Å². The second-order valence-corrected chi connectivity index (χ2v) is 9.41. The smallest absolute Gasteiger partial charge is 0.319 e. The Hall–Kier alpha value is -3.87. The predicted molar refractivity (Wildman–Crippen MR) is 141 cm³/mol. The lowest BCUT2D eigenvalue weighted by atomic mass is 9.92. The zero-order valence-corrected chi connectivity index (χ0v) is 21.0. The van der Waals surface area contributed by atoms with Crippen LogP contribution in [0.2, 0.25) is 0 Å². The molecule has 3 aromatic rings. The molecule has 0 aliphatic carbocycles. The monoisotopic (exact) mass is 505 g/mol. The zero-order valence-electron chi connectivity index (χ0n) is 21.0. The summed E-state index contributed by atoms with van der Waals surface area (Å²) >= 11 is 0. The maximum Gasteiger partial charge on any atom is 0.319 e. The molecule has 192 valence electrons. The number of anilines is 1. The number of allylic oxidation sites excluding steroid dienone is 1. The number of amides is 1. The lowest BCUT2D eigenvalue weighted by Crippen LogP contribution is -2.41. The van der Waals surface area contributed by atoms with Crippen LogP contribution in [0, 0.1) is 31.0 Å². The third-order valence-electron chi connectivity index (χ3n) is 6.99. The second-order valence-electron chi connectivity index (χ2n) is 9.41. The van der Waals surface area contributed by atoms with E-state index in [1.165, 1.54) is 12.1 Å². The van der Waals surface area contributed by atoms with E-state index < -0.39 is 12.4 Å². The van der Waals surface area contributed by atoms with Crippen molar-refractivity contribution in [3.8, 4) is 0 Å². The van der Waals surface area contributed by atoms with Crippen LogP contribution < -0.4 is 4.90 Å². The van der Waals surface area contributed by atoms with E-state index in [2.05, 4.69) is 6.58 Å². The highest BCUT2D eigenvalue weighted by Gasteiger charge is 2.31. The number of para-hydroxylation sites is 1. The molecule has 1 aliphatic heterocycles. The molecular weight excluding hydrogens is 475 g/mol. The van der Waals surface area contributed by atoms with Crippen LogP contribution in [0.25, 0.3) is 0 Å². The number of nitrogens with zero attached hydrogens (tertiary/aromatic N) is 2. The third-order valence-corrected chi connectivity index (χ3v) is 6.99. The number of rotatable bonds is 7. The van der Waals surface area contributed by atoms with Gasteiger partial charge in [-0.25, -0.2) is 4.39 Å². The number of piperidine rings is 1. The molecule has 7 heteroatoms. The van der Waals surface area contributed by atoms with Crippen LogP contribution in [0.1, 0.15) is 45.5 Å². The van der Waals surface area contributed by atoms with E-state index in [-0.39, 0.29) is 17.5 Å². The molecule has 0 bridgehead atoms. The second kappa shape index (κ2) is 11.0. The first-order valence-corrected chi connectivity index (χ1v) is 12.2. The average molecular weight is 506 g/mol. The van der Waals surface area contributed by atoms with Gasteiger partial charge in [0.15, 0.2) is 0 Å². The fraction of sp³-hybridized carbons (Fsp3) is 0.267. The van der Waals surface area contributed by atoms with Crippen LogP contribution >= 0.6 is 0 Å². The quantitative estimate of drug-likeness (QED) is 0.279. The van der Waals surface area contributed by atoms with Crippen molar-refractivity contribution >= 4 is 17.3 Å². The Kier molecular flexibility index (Phi) is 7.81. The summed E-state index contributed by atoms with van der Waals surface area (Å²) < 4.78 is 41.6. The van der Waals surface area contributed by atoms with Gasteiger partial charge in [-0.05, 0) is 68.1 Å². The predicted octanol–water partition coefficient (Wildman–Crippen LogP) is 6.95. The molecule has 1 N–H and O–H groups in total. The summed E-state index contributed by atoms with van der Waals surface area (Å²) in [5, 5.41) is 8.46. The summed E-state index contributed by atoms with van der Waals surface area (Å²) in [4.78, 5) is 15.9. The van der Waals surface area contributed by atoms with Gasteiger partial charge >= 0.3 is 6.55 Å². The van der Waals surface area contributed by atoms with Gasteiger partial charge < -0.3 is 4.90 Å². The molecule has 0 atom stereocenters. The first-order valence-electron chi connectivity index (χ1n) is 12.2. The first kappa shape index (κ1) is 26.2. The van der Waals surface area contributed by atoms with E-state index in [4.69, 9.17) is 5.41 Å². The van der Waals surface area contributed by atoms with Crippen molar-refractivity contribution in [2.75, 3.05) is 18.0 Å². The Morgan fingerprint density at radius 2 is 1.68 bits per heavy atom. The highest BCUT2D eigenvalue weighted by molar-refractivity contribution is 6.12. The van der Waals surface area contributed by atoms with Crippen molar-refractivity contribution in [1.82, 2.24) is 4.90 Å². The van der Waals surface area contributed by atoms with Gasteiger partial charge in [0.2, 0.25) is 0 Å². The van der Waals surface area contributed by atoms with Crippen LogP contribution in [-0.4, -0.2) is 36.2 Å². The summed E-state index contributed by atoms with van der Waals surface area (Å²) in [6.45, 7) is 5.80. The lowest BCUT2D eigenvalue weighted by Gasteiger charge is -2.37. The van der Waals surface area contributed by atoms with Crippen molar-refractivity contribution in [1.29, 1.82) is 5.41 Å². The fourth-order valence-electron chi connectivity index (χ4n) is 4.89. The summed E-state index contributed by atoms with van der Waals surface area (Å²) in [6.07, 6.45) is 1.09. The molecule has 1 aliphatic rings. The number of likely N-dealkylation sites (tertiary alicyclic amines) is 1. The topological polar surface area (TPSA) is 47.4 Å². The Morgan fingerprint density at radius 1 is 0.973 bits per heavy atom. The number of hydrogen-bond donors (Lipinski definition) is 1. The van der Waals surface area contributed by atoms with Gasteiger partial charge in [-0.1, -0.05) is 43.0 Å². The summed E-state index contributed by atoms with van der Waals surface area (Å²) in [5.74, 6) is -0.706. The van der Waals surface area contributed by atoms with Crippen molar-refractivity contribution in [3.05, 3.63) is 113 Å². The molecule has 0 saturated carbocycles. The van der Waals surface area contributed by atoms with Gasteiger partial charge in [0.05, 0.1) is 5.71 Å². The molecule has 3 aromatic carbocycles. The van der Waals surface area contributed by atoms with E-state index in [0.29, 0.717) is 54.0 Å². The Labute approximate surface area is 215 Å². The van der Waals surface area contributed by atoms with Gasteiger partial charge in [0.25, 0.3) is 5.91 Å². The fourth-order valence-corrected chi connectivity index (χ4v) is 4.89. The molecular formula is C30H30F3N3O. The molecule has 1 saturated heterocycles. The molecule has 1 fully saturated rings. The minimum absolute atomic E-state index is 0.138. The summed E-state index contributed by atoms with van der Waals surface area (Å²) in [5.41, 5.74) is 4.09. The number of aryl methyl sites for hydroxylation is 2. The molecule has 0 radical (unpaired) electrons. The number of benzene rings is 3. The van der Waals surface area contributed by atoms with E-state index in [9.17, 15) is 18.0 Å². The van der Waals surface area contributed by atoms with E-state index >= 15 is 0 Å². The van der Waals surface area contributed by atoms with Crippen LogP contribution in [0.4, 0.5) is 18.9 Å². The van der Waals surface area contributed by atoms with Gasteiger partial charge in [-0.3, -0.25) is 15.1 Å². The highest BCUT2D eigenvalue weighted by Crippen LogP contribution is 2.34. The SMILES string of the molecule is C=C(C1CCN(C(=O)c2ccc(C(=N)c3cccc(F)c3)c(C)c2)CC1)N(c1ccccc1C)C(F)F. The van der Waals surface area contributed by atoms with Crippen molar-refractivity contribution in [2.45, 2.75) is 33.2 Å². The maximum absolute atomic E-state index is 14.0. The van der Waals surface area contributed by atoms with E-state index in [0.717, 1.165) is 16.0 Å². The maximum atomic E-state index is 14.0. The minimum Gasteiger partial charge on any atom is -0.339 e. The Balaban J connectivity index is 1.43. The van der Waals surface area contributed by atoms with Crippen molar-refractivity contribution in [2.24, 2.45) is 5.92 Å². The lowest BCUT2D eigenvalue weighted by molar-refractivity contribution is 0.0695. The van der Waals surface area contributed by atoms with Gasteiger partial charge in [-0.15, -0.1) is 0 Å². The number of halogens is 3.